The van der Waals surface area contributed by atoms with E-state index in [1.165, 1.54) is 6.20 Å². The molecule has 0 aliphatic heterocycles. The molecule has 1 aromatic rings. The Morgan fingerprint density at radius 2 is 2.17 bits per heavy atom. The molecule has 0 aromatic carbocycles. The first-order valence-corrected chi connectivity index (χ1v) is 6.13. The molecule has 0 bridgehead atoms. The molecule has 0 radical (unpaired) electrons. The highest BCUT2D eigenvalue weighted by Crippen LogP contribution is 2.18. The van der Waals surface area contributed by atoms with E-state index in [1.807, 2.05) is 13.8 Å². The highest BCUT2D eigenvalue weighted by molar-refractivity contribution is 6.32. The van der Waals surface area contributed by atoms with E-state index in [0.717, 1.165) is 4.68 Å². The number of nitrogens with zero attached hydrogens (tertiary/aromatic N) is 2. The minimum absolute atomic E-state index is 0.0116. The van der Waals surface area contributed by atoms with Crippen LogP contribution in [0, 0.1) is 5.92 Å². The first-order valence-electron chi connectivity index (χ1n) is 5.75. The Labute approximate surface area is 110 Å². The van der Waals surface area contributed by atoms with Gasteiger partial charge in [0.25, 0.3) is 5.56 Å². The average molecular weight is 276 g/mol. The topological polar surface area (TPSA) is 87.4 Å². The zero-order valence-corrected chi connectivity index (χ0v) is 11.2. The summed E-state index contributed by atoms with van der Waals surface area (Å²) in [5.74, 6) is 0.186. The molecule has 6 nitrogen and oxygen atoms in total. The van der Waals surface area contributed by atoms with Crippen LogP contribution in [0.4, 0.5) is 5.69 Å². The highest BCUT2D eigenvalue weighted by atomic mass is 35.5. The molecule has 0 spiro atoms. The van der Waals surface area contributed by atoms with E-state index in [2.05, 4.69) is 10.4 Å². The summed E-state index contributed by atoms with van der Waals surface area (Å²) in [6.45, 7) is 3.76. The molecule has 18 heavy (non-hydrogen) atoms. The second-order valence-electron chi connectivity index (χ2n) is 4.30. The van der Waals surface area contributed by atoms with Crippen molar-refractivity contribution in [3.63, 3.8) is 0 Å². The molecule has 1 atom stereocenters. The van der Waals surface area contributed by atoms with Crippen molar-refractivity contribution >= 4 is 17.3 Å². The predicted molar refractivity (Wildman–Crippen MR) is 69.9 cm³/mol. The molecule has 0 saturated carbocycles. The van der Waals surface area contributed by atoms with Crippen LogP contribution in [-0.4, -0.2) is 39.2 Å². The molecule has 0 aliphatic rings. The van der Waals surface area contributed by atoms with Crippen molar-refractivity contribution in [3.05, 3.63) is 21.6 Å². The van der Waals surface area contributed by atoms with E-state index < -0.39 is 5.56 Å². The van der Waals surface area contributed by atoms with Crippen LogP contribution in [0.15, 0.2) is 11.0 Å². The van der Waals surface area contributed by atoms with Gasteiger partial charge >= 0.3 is 0 Å². The average Bonchev–Trinajstić information content (AvgIpc) is 2.34. The number of nitrogens with one attached hydrogen (secondary N) is 1. The maximum atomic E-state index is 11.8. The standard InChI is InChI=1S/C11H18ClN3O3/c1-7(2)9(6-17)14-8-5-13-15(3-4-16)11(18)10(8)12/h5,7,9,14,16-17H,3-4,6H2,1-2H3/t9-/m1/s1. The maximum Gasteiger partial charge on any atom is 0.287 e. The minimum Gasteiger partial charge on any atom is -0.394 e. The van der Waals surface area contributed by atoms with Crippen LogP contribution in [0.3, 0.4) is 0 Å². The summed E-state index contributed by atoms with van der Waals surface area (Å²) < 4.78 is 1.09. The van der Waals surface area contributed by atoms with Gasteiger partial charge in [0, 0.05) is 0 Å². The molecule has 0 fully saturated rings. The minimum atomic E-state index is -0.462. The fraction of sp³-hybridized carbons (Fsp3) is 0.636. The van der Waals surface area contributed by atoms with Crippen molar-refractivity contribution in [2.45, 2.75) is 26.4 Å². The second kappa shape index (κ2) is 6.72. The molecular weight excluding hydrogens is 258 g/mol. The third kappa shape index (κ3) is 3.44. The van der Waals surface area contributed by atoms with Crippen molar-refractivity contribution < 1.29 is 10.2 Å². The number of aromatic nitrogens is 2. The molecule has 7 heteroatoms. The smallest absolute Gasteiger partial charge is 0.287 e. The van der Waals surface area contributed by atoms with Gasteiger partial charge in [0.05, 0.1) is 37.7 Å². The lowest BCUT2D eigenvalue weighted by Crippen LogP contribution is -2.32. The molecule has 1 aromatic heterocycles. The fourth-order valence-electron chi connectivity index (χ4n) is 1.44. The number of anilines is 1. The van der Waals surface area contributed by atoms with Gasteiger partial charge < -0.3 is 15.5 Å². The molecule has 1 heterocycles. The van der Waals surface area contributed by atoms with E-state index in [1.54, 1.807) is 0 Å². The largest absolute Gasteiger partial charge is 0.394 e. The van der Waals surface area contributed by atoms with E-state index in [9.17, 15) is 9.90 Å². The predicted octanol–water partition coefficient (Wildman–Crippen LogP) is 0.318. The number of aliphatic hydroxyl groups excluding tert-OH is 2. The Morgan fingerprint density at radius 3 is 2.67 bits per heavy atom. The van der Waals surface area contributed by atoms with Crippen molar-refractivity contribution in [1.82, 2.24) is 9.78 Å². The van der Waals surface area contributed by atoms with E-state index in [4.69, 9.17) is 16.7 Å². The van der Waals surface area contributed by atoms with E-state index in [-0.39, 0.29) is 36.7 Å². The van der Waals surface area contributed by atoms with Gasteiger partial charge in [-0.3, -0.25) is 4.79 Å². The molecule has 3 N–H and O–H groups in total. The summed E-state index contributed by atoms with van der Waals surface area (Å²) in [5.41, 5.74) is -0.0697. The van der Waals surface area contributed by atoms with Gasteiger partial charge in [-0.25, -0.2) is 4.68 Å². The third-order valence-electron chi connectivity index (χ3n) is 2.64. The normalized spacial score (nSPS) is 12.8. The van der Waals surface area contributed by atoms with Crippen LogP contribution in [0.2, 0.25) is 5.02 Å². The first kappa shape index (κ1) is 14.9. The lowest BCUT2D eigenvalue weighted by atomic mass is 10.1. The summed E-state index contributed by atoms with van der Waals surface area (Å²) in [6.07, 6.45) is 1.42. The number of rotatable bonds is 6. The van der Waals surface area contributed by atoms with Gasteiger partial charge in [-0.05, 0) is 5.92 Å². The van der Waals surface area contributed by atoms with Crippen molar-refractivity contribution in [3.8, 4) is 0 Å². The van der Waals surface area contributed by atoms with E-state index in [0.29, 0.717) is 5.69 Å². The Kier molecular flexibility index (Phi) is 5.58. The molecule has 102 valence electrons. The summed E-state index contributed by atoms with van der Waals surface area (Å²) in [7, 11) is 0. The molecule has 0 amide bonds. The van der Waals surface area contributed by atoms with Gasteiger partial charge in [-0.15, -0.1) is 0 Å². The fourth-order valence-corrected chi connectivity index (χ4v) is 1.64. The number of aliphatic hydroxyl groups is 2. The Hall–Kier alpha value is -1.11. The molecule has 0 saturated heterocycles. The van der Waals surface area contributed by atoms with Crippen LogP contribution in [0.5, 0.6) is 0 Å². The van der Waals surface area contributed by atoms with Gasteiger partial charge in [0.1, 0.15) is 5.02 Å². The second-order valence-corrected chi connectivity index (χ2v) is 4.68. The van der Waals surface area contributed by atoms with Crippen molar-refractivity contribution in [2.24, 2.45) is 5.92 Å². The van der Waals surface area contributed by atoms with E-state index >= 15 is 0 Å². The third-order valence-corrected chi connectivity index (χ3v) is 3.00. The van der Waals surface area contributed by atoms with Crippen molar-refractivity contribution in [2.75, 3.05) is 18.5 Å². The zero-order valence-electron chi connectivity index (χ0n) is 10.4. The van der Waals surface area contributed by atoms with Gasteiger partial charge in [0.15, 0.2) is 0 Å². The molecule has 0 unspecified atom stereocenters. The van der Waals surface area contributed by atoms with Crippen molar-refractivity contribution in [1.29, 1.82) is 0 Å². The Balaban J connectivity index is 2.98. The Bertz CT molecular complexity index is 448. The van der Waals surface area contributed by atoms with Gasteiger partial charge in [-0.1, -0.05) is 25.4 Å². The number of hydrogen-bond donors (Lipinski definition) is 3. The summed E-state index contributed by atoms with van der Waals surface area (Å²) >= 11 is 5.94. The zero-order chi connectivity index (χ0) is 13.7. The molecule has 0 aliphatic carbocycles. The first-order chi connectivity index (χ1) is 8.51. The highest BCUT2D eigenvalue weighted by Gasteiger charge is 2.15. The summed E-state index contributed by atoms with van der Waals surface area (Å²) in [4.78, 5) is 11.8. The maximum absolute atomic E-state index is 11.8. The van der Waals surface area contributed by atoms with Crippen LogP contribution < -0.4 is 10.9 Å². The van der Waals surface area contributed by atoms with Crippen LogP contribution in [0.25, 0.3) is 0 Å². The lowest BCUT2D eigenvalue weighted by Gasteiger charge is -2.21. The molecule has 1 rings (SSSR count). The summed E-state index contributed by atoms with van der Waals surface area (Å²) in [6, 6.07) is -0.197. The SMILES string of the molecule is CC(C)[C@@H](CO)Nc1cnn(CCO)c(=O)c1Cl. The number of hydrogen-bond acceptors (Lipinski definition) is 5. The summed E-state index contributed by atoms with van der Waals surface area (Å²) in [5, 5.41) is 24.9. The Morgan fingerprint density at radius 1 is 1.50 bits per heavy atom. The quantitative estimate of drug-likeness (QED) is 0.696. The number of halogens is 1. The van der Waals surface area contributed by atoms with Crippen LogP contribution in [0.1, 0.15) is 13.8 Å². The van der Waals surface area contributed by atoms with Gasteiger partial charge in [-0.2, -0.15) is 5.10 Å². The lowest BCUT2D eigenvalue weighted by molar-refractivity contribution is 0.249. The molecular formula is C11H18ClN3O3. The van der Waals surface area contributed by atoms with Crippen LogP contribution in [-0.2, 0) is 6.54 Å². The van der Waals surface area contributed by atoms with Crippen LogP contribution >= 0.6 is 11.6 Å². The monoisotopic (exact) mass is 275 g/mol. The van der Waals surface area contributed by atoms with Gasteiger partial charge in [0.2, 0.25) is 0 Å².